The van der Waals surface area contributed by atoms with Crippen LogP contribution in [0.4, 0.5) is 0 Å². The molecule has 0 bridgehead atoms. The van der Waals surface area contributed by atoms with E-state index < -0.39 is 6.10 Å². The number of carbonyl (C=O) groups excluding carboxylic acids is 1. The van der Waals surface area contributed by atoms with Gasteiger partial charge in [-0.25, -0.2) is 0 Å². The van der Waals surface area contributed by atoms with Gasteiger partial charge in [-0.1, -0.05) is 13.0 Å². The lowest BCUT2D eigenvalue weighted by atomic mass is 10.2. The van der Waals surface area contributed by atoms with Crippen LogP contribution in [-0.2, 0) is 4.79 Å². The third-order valence-electron chi connectivity index (χ3n) is 3.04. The summed E-state index contributed by atoms with van der Waals surface area (Å²) in [6.45, 7) is 7.30. The Morgan fingerprint density at radius 2 is 1.84 bits per heavy atom. The van der Waals surface area contributed by atoms with Gasteiger partial charge in [0, 0.05) is 19.2 Å². The fourth-order valence-corrected chi connectivity index (χ4v) is 1.89. The van der Waals surface area contributed by atoms with Crippen molar-refractivity contribution in [3.63, 3.8) is 0 Å². The van der Waals surface area contributed by atoms with E-state index in [0.717, 1.165) is 5.75 Å². The molecule has 1 amide bonds. The molecule has 0 saturated carbocycles. The minimum Gasteiger partial charge on any atom is -0.497 e. The third-order valence-corrected chi connectivity index (χ3v) is 3.04. The number of rotatable bonds is 7. The normalized spacial score (nSPS) is 11.8. The summed E-state index contributed by atoms with van der Waals surface area (Å²) in [5, 5.41) is 0. The lowest BCUT2D eigenvalue weighted by Gasteiger charge is -2.25. The molecule has 0 aromatic heterocycles. The van der Waals surface area contributed by atoms with Crippen LogP contribution in [0.3, 0.4) is 0 Å². The summed E-state index contributed by atoms with van der Waals surface area (Å²) in [4.78, 5) is 14.1. The van der Waals surface area contributed by atoms with Crippen molar-refractivity contribution in [2.45, 2.75) is 33.3 Å². The zero-order valence-electron chi connectivity index (χ0n) is 12.2. The lowest BCUT2D eigenvalue weighted by Crippen LogP contribution is -2.41. The van der Waals surface area contributed by atoms with Crippen LogP contribution >= 0.6 is 0 Å². The van der Waals surface area contributed by atoms with Crippen LogP contribution in [0, 0.1) is 0 Å². The first-order valence-corrected chi connectivity index (χ1v) is 6.75. The molecule has 0 heterocycles. The van der Waals surface area contributed by atoms with Crippen molar-refractivity contribution >= 4 is 5.91 Å². The fourth-order valence-electron chi connectivity index (χ4n) is 1.89. The number of nitrogens with zero attached hydrogens (tertiary/aromatic N) is 1. The average molecular weight is 265 g/mol. The second-order valence-corrected chi connectivity index (χ2v) is 4.20. The van der Waals surface area contributed by atoms with Crippen LogP contribution in [0.2, 0.25) is 0 Å². The quantitative estimate of drug-likeness (QED) is 0.761. The molecule has 19 heavy (non-hydrogen) atoms. The molecule has 0 aliphatic carbocycles. The Balaban J connectivity index is 2.78. The highest BCUT2D eigenvalue weighted by molar-refractivity contribution is 5.81. The molecule has 106 valence electrons. The Bertz CT molecular complexity index is 402. The molecule has 1 aromatic rings. The Labute approximate surface area is 115 Å². The van der Waals surface area contributed by atoms with Gasteiger partial charge in [0.2, 0.25) is 0 Å². The first-order valence-electron chi connectivity index (χ1n) is 6.75. The van der Waals surface area contributed by atoms with Gasteiger partial charge >= 0.3 is 0 Å². The number of likely N-dealkylation sites (N-methyl/N-ethyl adjacent to an activating group) is 1. The minimum absolute atomic E-state index is 0.0373. The van der Waals surface area contributed by atoms with Crippen molar-refractivity contribution < 1.29 is 14.3 Å². The molecule has 4 heteroatoms. The molecule has 1 atom stereocenters. The molecule has 0 fully saturated rings. The maximum absolute atomic E-state index is 12.3. The Hall–Kier alpha value is -1.71. The predicted molar refractivity (Wildman–Crippen MR) is 75.6 cm³/mol. The zero-order valence-corrected chi connectivity index (χ0v) is 12.2. The molecule has 1 unspecified atom stereocenters. The highest BCUT2D eigenvalue weighted by Gasteiger charge is 2.22. The number of benzene rings is 1. The molecule has 0 radical (unpaired) electrons. The molecular weight excluding hydrogens is 242 g/mol. The lowest BCUT2D eigenvalue weighted by molar-refractivity contribution is -0.138. The van der Waals surface area contributed by atoms with E-state index in [1.165, 1.54) is 0 Å². The van der Waals surface area contributed by atoms with E-state index in [1.807, 2.05) is 39.0 Å². The Kier molecular flexibility index (Phi) is 6.19. The highest BCUT2D eigenvalue weighted by Crippen LogP contribution is 2.21. The Morgan fingerprint density at radius 1 is 1.21 bits per heavy atom. The van der Waals surface area contributed by atoms with E-state index in [2.05, 4.69) is 0 Å². The van der Waals surface area contributed by atoms with Gasteiger partial charge in [0.25, 0.3) is 5.91 Å². The molecule has 0 aliphatic heterocycles. The second kappa shape index (κ2) is 7.67. The molecule has 0 N–H and O–H groups in total. The van der Waals surface area contributed by atoms with Crippen molar-refractivity contribution in [1.29, 1.82) is 0 Å². The van der Waals surface area contributed by atoms with Crippen LogP contribution < -0.4 is 9.47 Å². The summed E-state index contributed by atoms with van der Waals surface area (Å²) in [6, 6.07) is 7.32. The van der Waals surface area contributed by atoms with Crippen molar-refractivity contribution in [3.05, 3.63) is 24.3 Å². The van der Waals surface area contributed by atoms with E-state index in [0.29, 0.717) is 25.3 Å². The molecule has 0 aliphatic rings. The summed E-state index contributed by atoms with van der Waals surface area (Å²) >= 11 is 0. The summed E-state index contributed by atoms with van der Waals surface area (Å²) < 4.78 is 10.9. The fraction of sp³-hybridized carbons (Fsp3) is 0.533. The first-order chi connectivity index (χ1) is 9.15. The topological polar surface area (TPSA) is 38.8 Å². The van der Waals surface area contributed by atoms with Gasteiger partial charge in [-0.15, -0.1) is 0 Å². The zero-order chi connectivity index (χ0) is 14.3. The summed E-state index contributed by atoms with van der Waals surface area (Å²) in [5.74, 6) is 1.42. The number of carbonyl (C=O) groups is 1. The molecule has 0 saturated heterocycles. The number of hydrogen-bond donors (Lipinski definition) is 0. The molecule has 1 rings (SSSR count). The van der Waals surface area contributed by atoms with Crippen LogP contribution in [0.25, 0.3) is 0 Å². The van der Waals surface area contributed by atoms with Crippen molar-refractivity contribution in [2.24, 2.45) is 0 Å². The first kappa shape index (κ1) is 15.3. The van der Waals surface area contributed by atoms with Crippen molar-refractivity contribution in [1.82, 2.24) is 4.90 Å². The van der Waals surface area contributed by atoms with Gasteiger partial charge in [0.15, 0.2) is 6.10 Å². The van der Waals surface area contributed by atoms with Gasteiger partial charge in [-0.3, -0.25) is 4.79 Å². The van der Waals surface area contributed by atoms with Gasteiger partial charge in [0.1, 0.15) is 11.5 Å². The van der Waals surface area contributed by atoms with Crippen LogP contribution in [-0.4, -0.2) is 37.1 Å². The van der Waals surface area contributed by atoms with E-state index in [9.17, 15) is 4.79 Å². The average Bonchev–Trinajstić information content (AvgIpc) is 2.46. The number of methoxy groups -OCH3 is 1. The summed E-state index contributed by atoms with van der Waals surface area (Å²) in [5.41, 5.74) is 0. The van der Waals surface area contributed by atoms with E-state index >= 15 is 0 Å². The maximum Gasteiger partial charge on any atom is 0.263 e. The van der Waals surface area contributed by atoms with Crippen LogP contribution in [0.5, 0.6) is 11.5 Å². The third kappa shape index (κ3) is 4.16. The molecule has 1 aromatic carbocycles. The maximum atomic E-state index is 12.3. The van der Waals surface area contributed by atoms with Gasteiger partial charge in [0.05, 0.1) is 7.11 Å². The van der Waals surface area contributed by atoms with E-state index in [-0.39, 0.29) is 5.91 Å². The monoisotopic (exact) mass is 265 g/mol. The summed E-state index contributed by atoms with van der Waals surface area (Å²) in [6.07, 6.45) is 0.207. The van der Waals surface area contributed by atoms with Crippen molar-refractivity contribution in [3.8, 4) is 11.5 Å². The van der Waals surface area contributed by atoms with Crippen molar-refractivity contribution in [2.75, 3.05) is 20.2 Å². The van der Waals surface area contributed by atoms with Gasteiger partial charge in [-0.2, -0.15) is 0 Å². The van der Waals surface area contributed by atoms with Gasteiger partial charge in [-0.05, 0) is 32.4 Å². The molecule has 0 spiro atoms. The van der Waals surface area contributed by atoms with E-state index in [4.69, 9.17) is 9.47 Å². The van der Waals surface area contributed by atoms with E-state index in [1.54, 1.807) is 18.1 Å². The minimum atomic E-state index is -0.438. The summed E-state index contributed by atoms with van der Waals surface area (Å²) in [7, 11) is 1.61. The van der Waals surface area contributed by atoms with Crippen LogP contribution in [0.15, 0.2) is 24.3 Å². The van der Waals surface area contributed by atoms with Crippen LogP contribution in [0.1, 0.15) is 27.2 Å². The standard InChI is InChI=1S/C15H23NO3/c1-5-14(15(17)16(6-2)7-3)19-13-10-8-9-12(11-13)18-4/h8-11,14H,5-7H2,1-4H3. The largest absolute Gasteiger partial charge is 0.497 e. The predicted octanol–water partition coefficient (Wildman–Crippen LogP) is 2.72. The molecule has 4 nitrogen and oxygen atoms in total. The number of ether oxygens (including phenoxy) is 2. The Morgan fingerprint density at radius 3 is 2.37 bits per heavy atom. The highest BCUT2D eigenvalue weighted by atomic mass is 16.5. The molecular formula is C15H23NO3. The SMILES string of the molecule is CCC(Oc1cccc(OC)c1)C(=O)N(CC)CC. The van der Waals surface area contributed by atoms with Gasteiger partial charge < -0.3 is 14.4 Å². The number of hydrogen-bond acceptors (Lipinski definition) is 3. The number of amides is 1. The second-order valence-electron chi connectivity index (χ2n) is 4.20. The smallest absolute Gasteiger partial charge is 0.263 e.